The number of pyridine rings is 1. The highest BCUT2D eigenvalue weighted by molar-refractivity contribution is 5.80. The van der Waals surface area contributed by atoms with Gasteiger partial charge in [0, 0.05) is 29.6 Å². The van der Waals surface area contributed by atoms with Crippen molar-refractivity contribution in [2.45, 2.75) is 39.9 Å². The van der Waals surface area contributed by atoms with Crippen LogP contribution in [0.1, 0.15) is 44.0 Å². The third-order valence-corrected chi connectivity index (χ3v) is 5.70. The van der Waals surface area contributed by atoms with Crippen LogP contribution in [0.4, 0.5) is 0 Å². The molecule has 4 rings (SSSR count). The molecule has 1 atom stereocenters. The summed E-state index contributed by atoms with van der Waals surface area (Å²) in [5.41, 5.74) is 1.16. The van der Waals surface area contributed by atoms with Crippen LogP contribution >= 0.6 is 0 Å². The molecule has 10 nitrogen and oxygen atoms in total. The standard InChI is InChI=1S/C24H30N6O4/c1-4-33-19-7-8-21-17(13-19)12-18(24(32)25-21)14-29(9-10-31)22(16(2)3)23-26-27-28-30(23)15-20-6-5-11-34-20/h5-8,11-13,16,22,31H,4,9-10,14-15H2,1-3H3,(H,25,32). The zero-order valence-electron chi connectivity index (χ0n) is 19.6. The zero-order chi connectivity index (χ0) is 24.1. The van der Waals surface area contributed by atoms with Crippen LogP contribution < -0.4 is 10.3 Å². The predicted molar refractivity (Wildman–Crippen MR) is 126 cm³/mol. The van der Waals surface area contributed by atoms with Crippen molar-refractivity contribution in [2.75, 3.05) is 19.8 Å². The molecule has 1 unspecified atom stereocenters. The third-order valence-electron chi connectivity index (χ3n) is 5.70. The van der Waals surface area contributed by atoms with E-state index >= 15 is 0 Å². The minimum absolute atomic E-state index is 0.0665. The second-order valence-corrected chi connectivity index (χ2v) is 8.46. The van der Waals surface area contributed by atoms with E-state index in [0.29, 0.717) is 37.6 Å². The normalized spacial score (nSPS) is 12.6. The lowest BCUT2D eigenvalue weighted by molar-refractivity contribution is 0.105. The molecule has 0 fully saturated rings. The van der Waals surface area contributed by atoms with Gasteiger partial charge in [-0.05, 0) is 59.7 Å². The largest absolute Gasteiger partial charge is 0.494 e. The van der Waals surface area contributed by atoms with Crippen molar-refractivity contribution < 1.29 is 14.3 Å². The van der Waals surface area contributed by atoms with Crippen molar-refractivity contribution >= 4 is 10.9 Å². The first-order valence-corrected chi connectivity index (χ1v) is 11.4. The van der Waals surface area contributed by atoms with Gasteiger partial charge in [0.2, 0.25) is 0 Å². The fourth-order valence-electron chi connectivity index (χ4n) is 4.24. The number of H-pyrrole nitrogens is 1. The lowest BCUT2D eigenvalue weighted by atomic mass is 10.0. The average Bonchev–Trinajstić information content (AvgIpc) is 3.48. The molecule has 0 radical (unpaired) electrons. The summed E-state index contributed by atoms with van der Waals surface area (Å²) in [6.45, 7) is 7.63. The van der Waals surface area contributed by atoms with Gasteiger partial charge in [-0.15, -0.1) is 5.10 Å². The molecule has 0 aliphatic carbocycles. The van der Waals surface area contributed by atoms with Gasteiger partial charge in [-0.2, -0.15) is 0 Å². The van der Waals surface area contributed by atoms with Gasteiger partial charge in [-0.1, -0.05) is 13.8 Å². The van der Waals surface area contributed by atoms with E-state index < -0.39 is 0 Å². The van der Waals surface area contributed by atoms with Crippen LogP contribution in [0.3, 0.4) is 0 Å². The van der Waals surface area contributed by atoms with Crippen molar-refractivity contribution in [1.82, 2.24) is 30.1 Å². The Morgan fingerprint density at radius 2 is 2.12 bits per heavy atom. The Morgan fingerprint density at radius 3 is 2.82 bits per heavy atom. The maximum atomic E-state index is 12.9. The highest BCUT2D eigenvalue weighted by Crippen LogP contribution is 2.29. The number of rotatable bonds is 11. The van der Waals surface area contributed by atoms with Crippen LogP contribution in [0.25, 0.3) is 10.9 Å². The van der Waals surface area contributed by atoms with Crippen molar-refractivity contribution in [2.24, 2.45) is 5.92 Å². The molecular formula is C24H30N6O4. The van der Waals surface area contributed by atoms with Gasteiger partial charge in [0.25, 0.3) is 5.56 Å². The molecule has 0 aliphatic rings. The topological polar surface area (TPSA) is 122 Å². The maximum absolute atomic E-state index is 12.9. The Bertz CT molecular complexity index is 1260. The number of furan rings is 1. The van der Waals surface area contributed by atoms with Crippen LogP contribution in [0.5, 0.6) is 5.75 Å². The molecule has 0 bridgehead atoms. The summed E-state index contributed by atoms with van der Waals surface area (Å²) >= 11 is 0. The zero-order valence-corrected chi connectivity index (χ0v) is 19.6. The van der Waals surface area contributed by atoms with E-state index in [1.807, 2.05) is 48.2 Å². The van der Waals surface area contributed by atoms with Crippen LogP contribution in [0.2, 0.25) is 0 Å². The first-order valence-electron chi connectivity index (χ1n) is 11.4. The Hall–Kier alpha value is -3.50. The van der Waals surface area contributed by atoms with Gasteiger partial charge < -0.3 is 19.2 Å². The highest BCUT2D eigenvalue weighted by atomic mass is 16.5. The maximum Gasteiger partial charge on any atom is 0.252 e. The van der Waals surface area contributed by atoms with Crippen molar-refractivity contribution in [3.63, 3.8) is 0 Å². The number of hydrogen-bond acceptors (Lipinski definition) is 8. The SMILES string of the molecule is CCOc1ccc2[nH]c(=O)c(CN(CCO)C(c3nnnn3Cc3ccco3)C(C)C)cc2c1. The Labute approximate surface area is 197 Å². The minimum Gasteiger partial charge on any atom is -0.494 e. The van der Waals surface area contributed by atoms with E-state index in [0.717, 1.165) is 22.4 Å². The number of hydrogen-bond donors (Lipinski definition) is 2. The van der Waals surface area contributed by atoms with E-state index in [4.69, 9.17) is 9.15 Å². The molecular weight excluding hydrogens is 436 g/mol. The molecule has 0 saturated carbocycles. The number of nitrogens with one attached hydrogen (secondary N) is 1. The summed E-state index contributed by atoms with van der Waals surface area (Å²) in [6.07, 6.45) is 1.61. The second kappa shape index (κ2) is 10.6. The van der Waals surface area contributed by atoms with Gasteiger partial charge >= 0.3 is 0 Å². The number of benzene rings is 1. The number of nitrogens with zero attached hydrogens (tertiary/aromatic N) is 5. The second-order valence-electron chi connectivity index (χ2n) is 8.46. The summed E-state index contributed by atoms with van der Waals surface area (Å²) < 4.78 is 12.8. The molecule has 4 aromatic rings. The van der Waals surface area contributed by atoms with Crippen LogP contribution in [-0.4, -0.2) is 55.0 Å². The molecule has 0 aliphatic heterocycles. The Morgan fingerprint density at radius 1 is 1.26 bits per heavy atom. The number of aromatic amines is 1. The number of aliphatic hydroxyl groups is 1. The lowest BCUT2D eigenvalue weighted by Crippen LogP contribution is -2.37. The highest BCUT2D eigenvalue weighted by Gasteiger charge is 2.30. The first kappa shape index (κ1) is 23.7. The molecule has 0 saturated heterocycles. The summed E-state index contributed by atoms with van der Waals surface area (Å²) in [5.74, 6) is 2.24. The number of fused-ring (bicyclic) bond motifs is 1. The molecule has 2 N–H and O–H groups in total. The van der Waals surface area contributed by atoms with Gasteiger partial charge in [0.05, 0.1) is 25.5 Å². The minimum atomic E-state index is -0.234. The number of aromatic nitrogens is 5. The molecule has 3 heterocycles. The summed E-state index contributed by atoms with van der Waals surface area (Å²) in [4.78, 5) is 17.9. The smallest absolute Gasteiger partial charge is 0.252 e. The Kier molecular flexibility index (Phi) is 7.39. The molecule has 3 aromatic heterocycles. The van der Waals surface area contributed by atoms with Gasteiger partial charge in [-0.3, -0.25) is 9.69 Å². The fraction of sp³-hybridized carbons (Fsp3) is 0.417. The summed E-state index contributed by atoms with van der Waals surface area (Å²) in [5, 5.41) is 23.1. The van der Waals surface area contributed by atoms with E-state index in [-0.39, 0.29) is 24.1 Å². The number of tetrazole rings is 1. The van der Waals surface area contributed by atoms with E-state index in [1.165, 1.54) is 0 Å². The van der Waals surface area contributed by atoms with Crippen LogP contribution in [-0.2, 0) is 13.1 Å². The lowest BCUT2D eigenvalue weighted by Gasteiger charge is -2.33. The van der Waals surface area contributed by atoms with Gasteiger partial charge in [0.1, 0.15) is 18.1 Å². The van der Waals surface area contributed by atoms with E-state index in [2.05, 4.69) is 34.4 Å². The number of ether oxygens (including phenoxy) is 1. The van der Waals surface area contributed by atoms with Crippen molar-refractivity contribution in [3.05, 3.63) is 70.2 Å². The summed E-state index contributed by atoms with van der Waals surface area (Å²) in [7, 11) is 0. The van der Waals surface area contributed by atoms with Crippen LogP contribution in [0.15, 0.2) is 51.9 Å². The summed E-state index contributed by atoms with van der Waals surface area (Å²) in [6, 6.07) is 10.9. The van der Waals surface area contributed by atoms with E-state index in [9.17, 15) is 9.90 Å². The van der Waals surface area contributed by atoms with Crippen molar-refractivity contribution in [1.29, 1.82) is 0 Å². The molecule has 1 aromatic carbocycles. The van der Waals surface area contributed by atoms with E-state index in [1.54, 1.807) is 10.9 Å². The predicted octanol–water partition coefficient (Wildman–Crippen LogP) is 2.75. The number of aliphatic hydroxyl groups excluding tert-OH is 1. The fourth-order valence-corrected chi connectivity index (χ4v) is 4.24. The van der Waals surface area contributed by atoms with Gasteiger partial charge in [-0.25, -0.2) is 4.68 Å². The molecule has 10 heteroatoms. The molecule has 0 amide bonds. The monoisotopic (exact) mass is 466 g/mol. The van der Waals surface area contributed by atoms with Crippen molar-refractivity contribution in [3.8, 4) is 5.75 Å². The van der Waals surface area contributed by atoms with Crippen LogP contribution in [0, 0.1) is 5.92 Å². The molecule has 0 spiro atoms. The van der Waals surface area contributed by atoms with Gasteiger partial charge in [0.15, 0.2) is 5.82 Å². The Balaban J connectivity index is 1.68. The average molecular weight is 467 g/mol. The molecule has 180 valence electrons. The quantitative estimate of drug-likeness (QED) is 0.346. The molecule has 34 heavy (non-hydrogen) atoms. The first-order chi connectivity index (χ1) is 16.5. The third kappa shape index (κ3) is 5.18.